The number of alkyl halides is 1. The second kappa shape index (κ2) is 5.46. The summed E-state index contributed by atoms with van der Waals surface area (Å²) in [7, 11) is 0. The summed E-state index contributed by atoms with van der Waals surface area (Å²) in [6, 6.07) is 0.573. The first-order chi connectivity index (χ1) is 8.38. The van der Waals surface area contributed by atoms with Gasteiger partial charge in [0.25, 0.3) is 0 Å². The molecule has 1 unspecified atom stereocenters. The van der Waals surface area contributed by atoms with Crippen LogP contribution in [0.1, 0.15) is 47.0 Å². The van der Waals surface area contributed by atoms with Gasteiger partial charge in [0.1, 0.15) is 6.17 Å². The van der Waals surface area contributed by atoms with E-state index in [1.807, 2.05) is 6.92 Å². The maximum absolute atomic E-state index is 13.9. The average Bonchev–Trinajstić information content (AvgIpc) is 2.32. The number of hydrogen-bond acceptors (Lipinski definition) is 2. The van der Waals surface area contributed by atoms with Crippen molar-refractivity contribution in [3.05, 3.63) is 0 Å². The van der Waals surface area contributed by atoms with E-state index in [1.54, 1.807) is 0 Å². The maximum atomic E-state index is 13.9. The molecule has 2 saturated heterocycles. The van der Waals surface area contributed by atoms with Crippen LogP contribution in [0.25, 0.3) is 0 Å². The number of nitrogens with zero attached hydrogens (tertiary/aromatic N) is 2. The Hall–Kier alpha value is -0.150. The highest BCUT2D eigenvalue weighted by Gasteiger charge is 2.34. The summed E-state index contributed by atoms with van der Waals surface area (Å²) in [4.78, 5) is 4.97. The SMILES string of the molecule is C[C@H]1CCN(C2CCCN(C(C)(C)C)C2)C[C@@H]1F. The lowest BCUT2D eigenvalue weighted by atomic mass is 9.92. The zero-order valence-electron chi connectivity index (χ0n) is 12.5. The van der Waals surface area contributed by atoms with Crippen LogP contribution in [-0.2, 0) is 0 Å². The van der Waals surface area contributed by atoms with Crippen molar-refractivity contribution in [2.45, 2.75) is 64.7 Å². The van der Waals surface area contributed by atoms with Gasteiger partial charge in [-0.25, -0.2) is 4.39 Å². The molecular formula is C15H29FN2. The molecule has 0 saturated carbocycles. The predicted octanol–water partition coefficient (Wildman–Crippen LogP) is 2.93. The number of hydrogen-bond donors (Lipinski definition) is 0. The maximum Gasteiger partial charge on any atom is 0.115 e. The van der Waals surface area contributed by atoms with Gasteiger partial charge in [-0.1, -0.05) is 6.92 Å². The van der Waals surface area contributed by atoms with Crippen molar-refractivity contribution in [1.29, 1.82) is 0 Å². The Balaban J connectivity index is 1.93. The Morgan fingerprint density at radius 1 is 1.06 bits per heavy atom. The van der Waals surface area contributed by atoms with Gasteiger partial charge in [-0.15, -0.1) is 0 Å². The Bertz CT molecular complexity index is 274. The molecule has 2 heterocycles. The van der Waals surface area contributed by atoms with Gasteiger partial charge in [-0.3, -0.25) is 9.80 Å². The normalized spacial score (nSPS) is 36.8. The Labute approximate surface area is 112 Å². The standard InChI is InChI=1S/C15H29FN2/c1-12-7-9-17(11-14(12)16)13-6-5-8-18(10-13)15(2,3)4/h12-14H,5-11H2,1-4H3/t12-,13?,14-/m0/s1. The molecule has 0 amide bonds. The molecule has 3 heteroatoms. The van der Waals surface area contributed by atoms with Crippen LogP contribution in [0.15, 0.2) is 0 Å². The quantitative estimate of drug-likeness (QED) is 0.712. The van der Waals surface area contributed by atoms with Gasteiger partial charge >= 0.3 is 0 Å². The minimum absolute atomic E-state index is 0.247. The van der Waals surface area contributed by atoms with Gasteiger partial charge in [0.15, 0.2) is 0 Å². The van der Waals surface area contributed by atoms with Crippen LogP contribution in [0.5, 0.6) is 0 Å². The van der Waals surface area contributed by atoms with Crippen molar-refractivity contribution < 1.29 is 4.39 Å². The molecule has 0 bridgehead atoms. The van der Waals surface area contributed by atoms with Crippen molar-refractivity contribution >= 4 is 0 Å². The Morgan fingerprint density at radius 3 is 2.39 bits per heavy atom. The van der Waals surface area contributed by atoms with Crippen molar-refractivity contribution in [3.8, 4) is 0 Å². The molecule has 106 valence electrons. The van der Waals surface area contributed by atoms with E-state index < -0.39 is 6.17 Å². The predicted molar refractivity (Wildman–Crippen MR) is 74.6 cm³/mol. The molecular weight excluding hydrogens is 227 g/mol. The van der Waals surface area contributed by atoms with Crippen LogP contribution in [0.2, 0.25) is 0 Å². The molecule has 0 aliphatic carbocycles. The van der Waals surface area contributed by atoms with E-state index in [4.69, 9.17) is 0 Å². The molecule has 0 N–H and O–H groups in total. The second-order valence-electron chi connectivity index (χ2n) is 7.19. The average molecular weight is 256 g/mol. The molecule has 3 atom stereocenters. The van der Waals surface area contributed by atoms with Crippen molar-refractivity contribution in [3.63, 3.8) is 0 Å². The van der Waals surface area contributed by atoms with E-state index in [-0.39, 0.29) is 11.5 Å². The lowest BCUT2D eigenvalue weighted by Gasteiger charge is -2.47. The largest absolute Gasteiger partial charge is 0.297 e. The van der Waals surface area contributed by atoms with E-state index >= 15 is 0 Å². The number of halogens is 1. The Kier molecular flexibility index (Phi) is 4.32. The summed E-state index contributed by atoms with van der Waals surface area (Å²) >= 11 is 0. The van der Waals surface area contributed by atoms with Crippen LogP contribution in [-0.4, -0.2) is 53.7 Å². The van der Waals surface area contributed by atoms with E-state index in [2.05, 4.69) is 30.6 Å². The fourth-order valence-corrected chi connectivity index (χ4v) is 3.24. The van der Waals surface area contributed by atoms with Gasteiger partial charge in [0, 0.05) is 24.7 Å². The summed E-state index contributed by atoms with van der Waals surface area (Å²) in [5, 5.41) is 0. The molecule has 0 spiro atoms. The van der Waals surface area contributed by atoms with E-state index in [0.29, 0.717) is 12.6 Å². The first-order valence-corrected chi connectivity index (χ1v) is 7.51. The van der Waals surface area contributed by atoms with E-state index in [9.17, 15) is 4.39 Å². The minimum Gasteiger partial charge on any atom is -0.297 e. The fraction of sp³-hybridized carbons (Fsp3) is 1.00. The van der Waals surface area contributed by atoms with Gasteiger partial charge in [-0.2, -0.15) is 0 Å². The lowest BCUT2D eigenvalue weighted by molar-refractivity contribution is 0.00640. The molecule has 2 rings (SSSR count). The first-order valence-electron chi connectivity index (χ1n) is 7.51. The molecule has 0 aromatic carbocycles. The number of likely N-dealkylation sites (tertiary alicyclic amines) is 2. The summed E-state index contributed by atoms with van der Waals surface area (Å²) in [5.41, 5.74) is 0.247. The van der Waals surface area contributed by atoms with Gasteiger partial charge < -0.3 is 0 Å². The van der Waals surface area contributed by atoms with Gasteiger partial charge in [0.05, 0.1) is 0 Å². The third-order valence-corrected chi connectivity index (χ3v) is 4.76. The molecule has 18 heavy (non-hydrogen) atoms. The molecule has 0 aromatic rings. The molecule has 2 nitrogen and oxygen atoms in total. The monoisotopic (exact) mass is 256 g/mol. The fourth-order valence-electron chi connectivity index (χ4n) is 3.24. The van der Waals surface area contributed by atoms with Crippen LogP contribution < -0.4 is 0 Å². The highest BCUT2D eigenvalue weighted by molar-refractivity contribution is 4.89. The van der Waals surface area contributed by atoms with E-state index in [0.717, 1.165) is 19.5 Å². The molecule has 2 aliphatic heterocycles. The molecule has 2 aliphatic rings. The summed E-state index contributed by atoms with van der Waals surface area (Å²) in [6.07, 6.45) is 2.90. The lowest BCUT2D eigenvalue weighted by Crippen LogP contribution is -2.56. The van der Waals surface area contributed by atoms with Gasteiger partial charge in [-0.05, 0) is 59.0 Å². The topological polar surface area (TPSA) is 6.48 Å². The number of piperidine rings is 2. The zero-order valence-corrected chi connectivity index (χ0v) is 12.5. The van der Waals surface area contributed by atoms with Crippen LogP contribution in [0.4, 0.5) is 4.39 Å². The Morgan fingerprint density at radius 2 is 1.78 bits per heavy atom. The highest BCUT2D eigenvalue weighted by atomic mass is 19.1. The first kappa shape index (κ1) is 14.3. The third-order valence-electron chi connectivity index (χ3n) is 4.76. The summed E-state index contributed by atoms with van der Waals surface area (Å²) in [5.74, 6) is 0.253. The second-order valence-corrected chi connectivity index (χ2v) is 7.19. The van der Waals surface area contributed by atoms with Gasteiger partial charge in [0.2, 0.25) is 0 Å². The van der Waals surface area contributed by atoms with Crippen molar-refractivity contribution in [1.82, 2.24) is 9.80 Å². The summed E-state index contributed by atoms with van der Waals surface area (Å²) in [6.45, 7) is 13.0. The highest BCUT2D eigenvalue weighted by Crippen LogP contribution is 2.27. The van der Waals surface area contributed by atoms with Crippen LogP contribution in [0, 0.1) is 5.92 Å². The van der Waals surface area contributed by atoms with Crippen molar-refractivity contribution in [2.75, 3.05) is 26.2 Å². The summed E-state index contributed by atoms with van der Waals surface area (Å²) < 4.78 is 13.9. The minimum atomic E-state index is -0.622. The van der Waals surface area contributed by atoms with Crippen molar-refractivity contribution in [2.24, 2.45) is 5.92 Å². The van der Waals surface area contributed by atoms with Crippen LogP contribution in [0.3, 0.4) is 0 Å². The zero-order chi connectivity index (χ0) is 13.3. The third kappa shape index (κ3) is 3.24. The number of rotatable bonds is 1. The van der Waals surface area contributed by atoms with Crippen LogP contribution >= 0.6 is 0 Å². The smallest absolute Gasteiger partial charge is 0.115 e. The molecule has 2 fully saturated rings. The molecule has 0 radical (unpaired) electrons. The van der Waals surface area contributed by atoms with E-state index in [1.165, 1.54) is 19.4 Å². The molecule has 0 aromatic heterocycles.